The monoisotopic (exact) mass is 405 g/mol. The number of hydrogen-bond acceptors (Lipinski definition) is 3. The van der Waals surface area contributed by atoms with Gasteiger partial charge in [-0.15, -0.1) is 11.8 Å². The van der Waals surface area contributed by atoms with Gasteiger partial charge in [0.05, 0.1) is 5.57 Å². The molecule has 0 heterocycles. The van der Waals surface area contributed by atoms with Crippen LogP contribution in [0.15, 0.2) is 58.6 Å². The second kappa shape index (κ2) is 8.17. The molecule has 0 saturated carbocycles. The fourth-order valence-corrected chi connectivity index (χ4v) is 3.04. The van der Waals surface area contributed by atoms with Crippen molar-refractivity contribution in [2.24, 2.45) is 5.16 Å². The standard InChI is InChI=1S/C17H12Cl2F3NOS/c1-25-14-4-2-10(3-5-14)16(23-24)9-15(17(20,21)22)11-6-12(18)8-13(19)7-11/h2-9,24H,1H3/b15-9+,23-16-. The molecule has 0 saturated heterocycles. The molecule has 0 aliphatic carbocycles. The van der Waals surface area contributed by atoms with E-state index in [1.165, 1.54) is 17.8 Å². The number of nitrogens with zero attached hydrogens (tertiary/aromatic N) is 1. The van der Waals surface area contributed by atoms with Gasteiger partial charge in [0.15, 0.2) is 0 Å². The van der Waals surface area contributed by atoms with Gasteiger partial charge in [-0.2, -0.15) is 13.2 Å². The van der Waals surface area contributed by atoms with Gasteiger partial charge in [-0.05, 0) is 48.2 Å². The molecular formula is C17H12Cl2F3NOS. The molecule has 0 fully saturated rings. The first-order valence-electron chi connectivity index (χ1n) is 6.86. The minimum atomic E-state index is -4.69. The summed E-state index contributed by atoms with van der Waals surface area (Å²) in [6.45, 7) is 0. The lowest BCUT2D eigenvalue weighted by molar-refractivity contribution is -0.0688. The first kappa shape index (κ1) is 19.7. The molecule has 2 nitrogen and oxygen atoms in total. The maximum atomic E-state index is 13.5. The summed E-state index contributed by atoms with van der Waals surface area (Å²) in [4.78, 5) is 0.933. The molecule has 0 unspecified atom stereocenters. The SMILES string of the molecule is CSc1ccc(C(/C=C(\c2cc(Cl)cc(Cl)c2)C(F)(F)F)=N\O)cc1. The minimum Gasteiger partial charge on any atom is -0.410 e. The van der Waals surface area contributed by atoms with Crippen LogP contribution in [-0.4, -0.2) is 23.4 Å². The molecule has 0 atom stereocenters. The fourth-order valence-electron chi connectivity index (χ4n) is 2.11. The summed E-state index contributed by atoms with van der Waals surface area (Å²) < 4.78 is 40.5. The number of oxime groups is 1. The third kappa shape index (κ3) is 5.17. The van der Waals surface area contributed by atoms with E-state index in [4.69, 9.17) is 23.2 Å². The number of rotatable bonds is 4. The van der Waals surface area contributed by atoms with Crippen molar-refractivity contribution in [3.8, 4) is 0 Å². The Labute approximate surface area is 156 Å². The van der Waals surface area contributed by atoms with Gasteiger partial charge in [-0.25, -0.2) is 0 Å². The van der Waals surface area contributed by atoms with Crippen molar-refractivity contribution in [1.82, 2.24) is 0 Å². The Morgan fingerprint density at radius 3 is 2.04 bits per heavy atom. The number of alkyl halides is 3. The quantitative estimate of drug-likeness (QED) is 0.271. The van der Waals surface area contributed by atoms with E-state index in [1.54, 1.807) is 24.3 Å². The van der Waals surface area contributed by atoms with Crippen molar-refractivity contribution >= 4 is 46.2 Å². The second-order valence-corrected chi connectivity index (χ2v) is 6.68. The average Bonchev–Trinajstić information content (AvgIpc) is 2.54. The van der Waals surface area contributed by atoms with Gasteiger partial charge >= 0.3 is 6.18 Å². The van der Waals surface area contributed by atoms with Crippen LogP contribution in [0.2, 0.25) is 10.0 Å². The number of benzene rings is 2. The summed E-state index contributed by atoms with van der Waals surface area (Å²) in [6.07, 6.45) is -2.06. The lowest BCUT2D eigenvalue weighted by atomic mass is 10.0. The van der Waals surface area contributed by atoms with Gasteiger partial charge in [-0.1, -0.05) is 40.5 Å². The van der Waals surface area contributed by atoms with Crippen LogP contribution in [0.5, 0.6) is 0 Å². The third-order valence-electron chi connectivity index (χ3n) is 3.25. The molecule has 132 valence electrons. The van der Waals surface area contributed by atoms with E-state index in [1.807, 2.05) is 6.26 Å². The van der Waals surface area contributed by atoms with Crippen molar-refractivity contribution in [2.75, 3.05) is 6.26 Å². The molecule has 0 amide bonds. The van der Waals surface area contributed by atoms with Crippen LogP contribution < -0.4 is 0 Å². The molecule has 2 aromatic carbocycles. The highest BCUT2D eigenvalue weighted by molar-refractivity contribution is 7.98. The zero-order valence-electron chi connectivity index (χ0n) is 12.8. The third-order valence-corrected chi connectivity index (χ3v) is 4.43. The Hall–Kier alpha value is -1.63. The maximum Gasteiger partial charge on any atom is 0.417 e. The Balaban J connectivity index is 2.55. The fraction of sp³-hybridized carbons (Fsp3) is 0.118. The van der Waals surface area contributed by atoms with Crippen molar-refractivity contribution in [3.63, 3.8) is 0 Å². The van der Waals surface area contributed by atoms with E-state index in [0.717, 1.165) is 23.1 Å². The number of halogens is 5. The van der Waals surface area contributed by atoms with Crippen LogP contribution in [0.4, 0.5) is 13.2 Å². The lowest BCUT2D eigenvalue weighted by Gasteiger charge is -2.13. The van der Waals surface area contributed by atoms with E-state index in [0.29, 0.717) is 5.56 Å². The van der Waals surface area contributed by atoms with E-state index in [-0.39, 0.29) is 21.3 Å². The molecule has 25 heavy (non-hydrogen) atoms. The van der Waals surface area contributed by atoms with Gasteiger partial charge in [-0.3, -0.25) is 0 Å². The number of thioether (sulfide) groups is 1. The largest absolute Gasteiger partial charge is 0.417 e. The van der Waals surface area contributed by atoms with Gasteiger partial charge in [0.2, 0.25) is 0 Å². The van der Waals surface area contributed by atoms with E-state index >= 15 is 0 Å². The highest BCUT2D eigenvalue weighted by Gasteiger charge is 2.35. The van der Waals surface area contributed by atoms with Crippen LogP contribution in [-0.2, 0) is 0 Å². The summed E-state index contributed by atoms with van der Waals surface area (Å²) in [6, 6.07) is 10.2. The van der Waals surface area contributed by atoms with E-state index in [9.17, 15) is 18.4 Å². The van der Waals surface area contributed by atoms with E-state index < -0.39 is 11.7 Å². The minimum absolute atomic E-state index is 0.0736. The molecule has 0 bridgehead atoms. The summed E-state index contributed by atoms with van der Waals surface area (Å²) in [7, 11) is 0. The number of hydrogen-bond donors (Lipinski definition) is 1. The molecular weight excluding hydrogens is 394 g/mol. The highest BCUT2D eigenvalue weighted by Crippen LogP contribution is 2.36. The molecule has 0 aliphatic rings. The molecule has 0 aliphatic heterocycles. The smallest absolute Gasteiger partial charge is 0.410 e. The van der Waals surface area contributed by atoms with E-state index in [2.05, 4.69) is 5.16 Å². The van der Waals surface area contributed by atoms with Crippen LogP contribution in [0.3, 0.4) is 0 Å². The summed E-state index contributed by atoms with van der Waals surface area (Å²) in [5.41, 5.74) is -1.11. The summed E-state index contributed by atoms with van der Waals surface area (Å²) in [5, 5.41) is 12.3. The Bertz CT molecular complexity index is 797. The van der Waals surface area contributed by atoms with Crippen molar-refractivity contribution in [3.05, 3.63) is 69.7 Å². The van der Waals surface area contributed by atoms with Gasteiger partial charge in [0.25, 0.3) is 0 Å². The van der Waals surface area contributed by atoms with Gasteiger partial charge < -0.3 is 5.21 Å². The summed E-state index contributed by atoms with van der Waals surface area (Å²) >= 11 is 13.1. The van der Waals surface area contributed by atoms with Crippen LogP contribution in [0.1, 0.15) is 11.1 Å². The first-order valence-corrected chi connectivity index (χ1v) is 8.84. The molecule has 8 heteroatoms. The number of allylic oxidation sites excluding steroid dienone is 2. The predicted octanol–water partition coefficient (Wildman–Crippen LogP) is 6.54. The highest BCUT2D eigenvalue weighted by atomic mass is 35.5. The molecule has 1 N–H and O–H groups in total. The summed E-state index contributed by atoms with van der Waals surface area (Å²) in [5.74, 6) is 0. The van der Waals surface area contributed by atoms with Crippen LogP contribution in [0, 0.1) is 0 Å². The van der Waals surface area contributed by atoms with Gasteiger partial charge in [0.1, 0.15) is 5.71 Å². The maximum absolute atomic E-state index is 13.5. The molecule has 0 aromatic heterocycles. The molecule has 0 radical (unpaired) electrons. The molecule has 2 aromatic rings. The van der Waals surface area contributed by atoms with Crippen molar-refractivity contribution in [2.45, 2.75) is 11.1 Å². The first-order chi connectivity index (χ1) is 11.7. The van der Waals surface area contributed by atoms with Crippen molar-refractivity contribution in [1.29, 1.82) is 0 Å². The van der Waals surface area contributed by atoms with Crippen molar-refractivity contribution < 1.29 is 18.4 Å². The van der Waals surface area contributed by atoms with Crippen LogP contribution >= 0.6 is 35.0 Å². The predicted molar refractivity (Wildman–Crippen MR) is 97.0 cm³/mol. The molecule has 0 spiro atoms. The van der Waals surface area contributed by atoms with Crippen LogP contribution in [0.25, 0.3) is 5.57 Å². The Morgan fingerprint density at radius 1 is 1.04 bits per heavy atom. The molecule has 2 rings (SSSR count). The normalized spacial score (nSPS) is 13.2. The zero-order chi connectivity index (χ0) is 18.6. The topological polar surface area (TPSA) is 32.6 Å². The second-order valence-electron chi connectivity index (χ2n) is 4.93. The van der Waals surface area contributed by atoms with Gasteiger partial charge in [0, 0.05) is 20.5 Å². The average molecular weight is 406 g/mol. The zero-order valence-corrected chi connectivity index (χ0v) is 15.1. The lowest BCUT2D eigenvalue weighted by Crippen LogP contribution is -2.13. The Morgan fingerprint density at radius 2 is 1.60 bits per heavy atom. The Kier molecular flexibility index (Phi) is 6.43.